The SMILES string of the molecule is COCCCn1c(=O)oc2ccc(-c3ccc(C[C@@H](C#N)NC(=O)[C@@H]4CCCCN4)cc3)cc21. The van der Waals surface area contributed by atoms with Gasteiger partial charge in [-0.15, -0.1) is 0 Å². The normalized spacial score (nSPS) is 16.8. The average molecular weight is 463 g/mol. The topological polar surface area (TPSA) is 109 Å². The number of carbonyl (C=O) groups excluding carboxylic acids is 1. The maximum atomic E-state index is 12.5. The number of nitrogens with zero attached hydrogens (tertiary/aromatic N) is 2. The summed E-state index contributed by atoms with van der Waals surface area (Å²) in [5, 5.41) is 15.6. The first-order valence-corrected chi connectivity index (χ1v) is 11.7. The highest BCUT2D eigenvalue weighted by Crippen LogP contribution is 2.25. The lowest BCUT2D eigenvalue weighted by Crippen LogP contribution is -2.49. The van der Waals surface area contributed by atoms with Gasteiger partial charge in [-0.05, 0) is 54.6 Å². The molecule has 0 unspecified atom stereocenters. The van der Waals surface area contributed by atoms with E-state index in [0.717, 1.165) is 54.4 Å². The zero-order valence-corrected chi connectivity index (χ0v) is 19.4. The Morgan fingerprint density at radius 2 is 2.06 bits per heavy atom. The molecule has 8 heteroatoms. The Balaban J connectivity index is 1.45. The number of nitrogens with one attached hydrogen (secondary N) is 2. The molecule has 0 saturated carbocycles. The van der Waals surface area contributed by atoms with Crippen molar-refractivity contribution in [2.75, 3.05) is 20.3 Å². The smallest absolute Gasteiger partial charge is 0.408 e. The minimum absolute atomic E-state index is 0.104. The van der Waals surface area contributed by atoms with Crippen molar-refractivity contribution in [1.82, 2.24) is 15.2 Å². The number of oxazole rings is 1. The predicted molar refractivity (Wildman–Crippen MR) is 129 cm³/mol. The minimum atomic E-state index is -0.578. The number of benzene rings is 2. The van der Waals surface area contributed by atoms with E-state index in [1.54, 1.807) is 11.7 Å². The lowest BCUT2D eigenvalue weighted by Gasteiger charge is -2.23. The molecule has 0 aliphatic carbocycles. The van der Waals surface area contributed by atoms with Crippen LogP contribution in [0.15, 0.2) is 51.7 Å². The number of nitriles is 1. The monoisotopic (exact) mass is 462 g/mol. The third kappa shape index (κ3) is 5.56. The lowest BCUT2D eigenvalue weighted by molar-refractivity contribution is -0.124. The molecule has 2 aromatic carbocycles. The van der Waals surface area contributed by atoms with Gasteiger partial charge in [0.25, 0.3) is 0 Å². The molecule has 1 aliphatic heterocycles. The number of hydrogen-bond donors (Lipinski definition) is 2. The number of carbonyl (C=O) groups is 1. The standard InChI is InChI=1S/C26H30N4O4/c1-33-14-4-13-30-23-16-20(10-11-24(23)34-26(30)32)19-8-6-18(7-9-19)15-21(17-27)29-25(31)22-5-2-3-12-28-22/h6-11,16,21-22,28H,2-5,12-15H2,1H3,(H,29,31)/t21-,22-/m0/s1. The van der Waals surface area contributed by atoms with Gasteiger partial charge >= 0.3 is 5.76 Å². The number of aromatic nitrogens is 1. The van der Waals surface area contributed by atoms with E-state index in [2.05, 4.69) is 16.7 Å². The average Bonchev–Trinajstić information content (AvgIpc) is 3.19. The van der Waals surface area contributed by atoms with E-state index < -0.39 is 6.04 Å². The molecule has 1 aliphatic rings. The van der Waals surface area contributed by atoms with Gasteiger partial charge in [-0.3, -0.25) is 9.36 Å². The molecule has 1 aromatic heterocycles. The van der Waals surface area contributed by atoms with Crippen LogP contribution in [0, 0.1) is 11.3 Å². The van der Waals surface area contributed by atoms with Crippen molar-refractivity contribution in [3.05, 3.63) is 58.6 Å². The molecule has 8 nitrogen and oxygen atoms in total. The van der Waals surface area contributed by atoms with E-state index in [9.17, 15) is 14.9 Å². The highest BCUT2D eigenvalue weighted by Gasteiger charge is 2.23. The molecule has 1 amide bonds. The lowest BCUT2D eigenvalue weighted by atomic mass is 10.00. The first-order valence-electron chi connectivity index (χ1n) is 11.7. The van der Waals surface area contributed by atoms with Gasteiger partial charge < -0.3 is 19.8 Å². The van der Waals surface area contributed by atoms with Gasteiger partial charge in [-0.2, -0.15) is 5.26 Å². The van der Waals surface area contributed by atoms with E-state index in [4.69, 9.17) is 9.15 Å². The Morgan fingerprint density at radius 1 is 1.26 bits per heavy atom. The van der Waals surface area contributed by atoms with Crippen molar-refractivity contribution in [3.8, 4) is 17.2 Å². The predicted octanol–water partition coefficient (Wildman–Crippen LogP) is 2.99. The minimum Gasteiger partial charge on any atom is -0.408 e. The van der Waals surface area contributed by atoms with Gasteiger partial charge in [-0.1, -0.05) is 36.8 Å². The molecule has 0 radical (unpaired) electrons. The molecular formula is C26H30N4O4. The first kappa shape index (κ1) is 23.7. The van der Waals surface area contributed by atoms with Crippen molar-refractivity contribution in [1.29, 1.82) is 5.26 Å². The summed E-state index contributed by atoms with van der Waals surface area (Å²) in [5.74, 6) is -0.473. The van der Waals surface area contributed by atoms with E-state index in [1.165, 1.54) is 0 Å². The van der Waals surface area contributed by atoms with Crippen molar-refractivity contribution in [3.63, 3.8) is 0 Å². The summed E-state index contributed by atoms with van der Waals surface area (Å²) in [5.41, 5.74) is 4.24. The number of ether oxygens (including phenoxy) is 1. The zero-order valence-electron chi connectivity index (χ0n) is 19.4. The van der Waals surface area contributed by atoms with Gasteiger partial charge in [0, 0.05) is 26.7 Å². The quantitative estimate of drug-likeness (QED) is 0.473. The molecular weight excluding hydrogens is 432 g/mol. The number of hydrogen-bond acceptors (Lipinski definition) is 6. The van der Waals surface area contributed by atoms with Crippen LogP contribution in [0.5, 0.6) is 0 Å². The van der Waals surface area contributed by atoms with E-state index in [0.29, 0.717) is 25.2 Å². The number of fused-ring (bicyclic) bond motifs is 1. The first-order chi connectivity index (χ1) is 16.6. The Kier molecular flexibility index (Phi) is 7.78. The van der Waals surface area contributed by atoms with Crippen molar-refractivity contribution >= 4 is 17.0 Å². The Hall–Kier alpha value is -3.41. The fourth-order valence-corrected chi connectivity index (χ4v) is 4.37. The van der Waals surface area contributed by atoms with Crippen LogP contribution in [0.1, 0.15) is 31.2 Å². The van der Waals surface area contributed by atoms with Crippen molar-refractivity contribution in [2.24, 2.45) is 0 Å². The second-order valence-corrected chi connectivity index (χ2v) is 8.64. The maximum Gasteiger partial charge on any atom is 0.419 e. The molecule has 3 aromatic rings. The molecule has 34 heavy (non-hydrogen) atoms. The molecule has 2 heterocycles. The summed E-state index contributed by atoms with van der Waals surface area (Å²) >= 11 is 0. The molecule has 1 saturated heterocycles. The number of aryl methyl sites for hydroxylation is 1. The van der Waals surface area contributed by atoms with Crippen LogP contribution < -0.4 is 16.4 Å². The van der Waals surface area contributed by atoms with Gasteiger partial charge in [0.2, 0.25) is 5.91 Å². The summed E-state index contributed by atoms with van der Waals surface area (Å²) in [7, 11) is 1.64. The fourth-order valence-electron chi connectivity index (χ4n) is 4.37. The number of rotatable bonds is 9. The van der Waals surface area contributed by atoms with Gasteiger partial charge in [0.05, 0.1) is 17.6 Å². The van der Waals surface area contributed by atoms with Crippen molar-refractivity contribution in [2.45, 2.75) is 50.7 Å². The summed E-state index contributed by atoms with van der Waals surface area (Å²) < 4.78 is 12.1. The zero-order chi connectivity index (χ0) is 23.9. The Bertz CT molecular complexity index is 1220. The van der Waals surface area contributed by atoms with Crippen molar-refractivity contribution < 1.29 is 13.9 Å². The van der Waals surface area contributed by atoms with Gasteiger partial charge in [0.15, 0.2) is 5.58 Å². The molecule has 2 atom stereocenters. The second kappa shape index (κ2) is 11.1. The molecule has 1 fully saturated rings. The molecule has 0 spiro atoms. The number of piperidine rings is 1. The van der Waals surface area contributed by atoms with Gasteiger partial charge in [0.1, 0.15) is 6.04 Å². The summed E-state index contributed by atoms with van der Waals surface area (Å²) in [6.45, 7) is 1.94. The van der Waals surface area contributed by atoms with Crippen LogP contribution in [0.4, 0.5) is 0 Å². The number of methoxy groups -OCH3 is 1. The van der Waals surface area contributed by atoms with Crippen LogP contribution in [-0.2, 0) is 22.5 Å². The highest BCUT2D eigenvalue weighted by atomic mass is 16.5. The van der Waals surface area contributed by atoms with Crippen LogP contribution in [0.3, 0.4) is 0 Å². The maximum absolute atomic E-state index is 12.5. The van der Waals surface area contributed by atoms with Crippen LogP contribution >= 0.6 is 0 Å². The van der Waals surface area contributed by atoms with Crippen LogP contribution in [-0.4, -0.2) is 42.8 Å². The third-order valence-electron chi connectivity index (χ3n) is 6.22. The molecule has 0 bridgehead atoms. The summed E-state index contributed by atoms with van der Waals surface area (Å²) in [6, 6.07) is 15.0. The third-order valence-corrected chi connectivity index (χ3v) is 6.22. The second-order valence-electron chi connectivity index (χ2n) is 8.64. The van der Waals surface area contributed by atoms with Crippen LogP contribution in [0.2, 0.25) is 0 Å². The highest BCUT2D eigenvalue weighted by molar-refractivity contribution is 5.82. The summed E-state index contributed by atoms with van der Waals surface area (Å²) in [4.78, 5) is 24.7. The fraction of sp³-hybridized carbons (Fsp3) is 0.423. The van der Waals surface area contributed by atoms with E-state index >= 15 is 0 Å². The molecule has 2 N–H and O–H groups in total. The number of amides is 1. The summed E-state index contributed by atoms with van der Waals surface area (Å²) in [6.07, 6.45) is 4.07. The largest absolute Gasteiger partial charge is 0.419 e. The Labute approximate surface area is 198 Å². The molecule has 4 rings (SSSR count). The van der Waals surface area contributed by atoms with Gasteiger partial charge in [-0.25, -0.2) is 4.79 Å². The Morgan fingerprint density at radius 3 is 2.76 bits per heavy atom. The van der Waals surface area contributed by atoms with E-state index in [1.807, 2.05) is 42.5 Å². The van der Waals surface area contributed by atoms with Crippen LogP contribution in [0.25, 0.3) is 22.2 Å². The van der Waals surface area contributed by atoms with E-state index in [-0.39, 0.29) is 17.7 Å². The molecule has 178 valence electrons.